The molecule has 1 aromatic heterocycles. The van der Waals surface area contributed by atoms with E-state index in [1.807, 2.05) is 12.4 Å². The van der Waals surface area contributed by atoms with E-state index in [4.69, 9.17) is 0 Å². The standard InChI is InChI=1S/C18H25N5O2/c24-15-5-4-14(18(23-15)7-1-8-18)22-17(25)19-9-6-12-10-20-16(21-11-12)13-2-3-13/h10-11,13-14H,1-9H2,(H,23,24)(H2,19,22,25)/t14-/m0/s1. The van der Waals surface area contributed by atoms with Gasteiger partial charge in [0.25, 0.3) is 0 Å². The highest BCUT2D eigenvalue weighted by Crippen LogP contribution is 2.39. The van der Waals surface area contributed by atoms with Crippen molar-refractivity contribution in [3.8, 4) is 0 Å². The van der Waals surface area contributed by atoms with Gasteiger partial charge in [-0.05, 0) is 50.5 Å². The molecule has 1 spiro atoms. The molecule has 3 aliphatic rings. The summed E-state index contributed by atoms with van der Waals surface area (Å²) in [4.78, 5) is 32.6. The molecule has 3 N–H and O–H groups in total. The number of hydrogen-bond donors (Lipinski definition) is 3. The van der Waals surface area contributed by atoms with Gasteiger partial charge < -0.3 is 16.0 Å². The molecule has 7 heteroatoms. The van der Waals surface area contributed by atoms with Crippen molar-refractivity contribution in [2.24, 2.45) is 0 Å². The second kappa shape index (κ2) is 6.61. The summed E-state index contributed by atoms with van der Waals surface area (Å²) < 4.78 is 0. The SMILES string of the molecule is O=C1CC[C@H](NC(=O)NCCc2cnc(C3CC3)nc2)C2(CCC2)N1. The maximum absolute atomic E-state index is 12.2. The zero-order chi connectivity index (χ0) is 17.3. The number of aromatic nitrogens is 2. The van der Waals surface area contributed by atoms with E-state index in [-0.39, 0.29) is 23.5 Å². The summed E-state index contributed by atoms with van der Waals surface area (Å²) in [6.07, 6.45) is 11.0. The molecular formula is C18H25N5O2. The molecule has 0 bridgehead atoms. The van der Waals surface area contributed by atoms with Gasteiger partial charge in [0.05, 0.1) is 11.6 Å². The molecular weight excluding hydrogens is 318 g/mol. The summed E-state index contributed by atoms with van der Waals surface area (Å²) in [6.45, 7) is 0.546. The lowest BCUT2D eigenvalue weighted by atomic mass is 9.68. The molecule has 2 heterocycles. The van der Waals surface area contributed by atoms with E-state index in [2.05, 4.69) is 25.9 Å². The monoisotopic (exact) mass is 343 g/mol. The van der Waals surface area contributed by atoms with Crippen LogP contribution in [-0.4, -0.2) is 40.0 Å². The van der Waals surface area contributed by atoms with Crippen molar-refractivity contribution in [2.75, 3.05) is 6.54 Å². The minimum absolute atomic E-state index is 0.0279. The summed E-state index contributed by atoms with van der Waals surface area (Å²) >= 11 is 0. The minimum Gasteiger partial charge on any atom is -0.349 e. The van der Waals surface area contributed by atoms with Crippen LogP contribution in [0.25, 0.3) is 0 Å². The predicted octanol–water partition coefficient (Wildman–Crippen LogP) is 1.40. The van der Waals surface area contributed by atoms with E-state index < -0.39 is 0 Å². The van der Waals surface area contributed by atoms with Gasteiger partial charge in [0, 0.05) is 31.3 Å². The molecule has 7 nitrogen and oxygen atoms in total. The first-order valence-electron chi connectivity index (χ1n) is 9.31. The summed E-state index contributed by atoms with van der Waals surface area (Å²) in [5, 5.41) is 9.05. The van der Waals surface area contributed by atoms with Gasteiger partial charge in [-0.25, -0.2) is 14.8 Å². The van der Waals surface area contributed by atoms with Crippen molar-refractivity contribution in [2.45, 2.75) is 68.9 Å². The highest BCUT2D eigenvalue weighted by atomic mass is 16.2. The van der Waals surface area contributed by atoms with Gasteiger partial charge >= 0.3 is 6.03 Å². The molecule has 1 saturated heterocycles. The third-order valence-corrected chi connectivity index (χ3v) is 5.63. The van der Waals surface area contributed by atoms with E-state index in [1.165, 1.54) is 12.8 Å². The Morgan fingerprint density at radius 1 is 1.24 bits per heavy atom. The third kappa shape index (κ3) is 3.60. The van der Waals surface area contributed by atoms with E-state index >= 15 is 0 Å². The lowest BCUT2D eigenvalue weighted by Crippen LogP contribution is -2.69. The lowest BCUT2D eigenvalue weighted by Gasteiger charge is -2.50. The van der Waals surface area contributed by atoms with Crippen LogP contribution in [0.3, 0.4) is 0 Å². The molecule has 0 unspecified atom stereocenters. The smallest absolute Gasteiger partial charge is 0.315 e. The number of carbonyl (C=O) groups is 2. The van der Waals surface area contributed by atoms with Crippen LogP contribution in [0.4, 0.5) is 4.79 Å². The van der Waals surface area contributed by atoms with Crippen molar-refractivity contribution in [1.82, 2.24) is 25.9 Å². The van der Waals surface area contributed by atoms with Crippen LogP contribution >= 0.6 is 0 Å². The van der Waals surface area contributed by atoms with Gasteiger partial charge in [0.1, 0.15) is 5.82 Å². The van der Waals surface area contributed by atoms with Crippen molar-refractivity contribution in [3.05, 3.63) is 23.8 Å². The number of nitrogens with zero attached hydrogens (tertiary/aromatic N) is 2. The molecule has 1 aliphatic heterocycles. The van der Waals surface area contributed by atoms with Crippen molar-refractivity contribution in [3.63, 3.8) is 0 Å². The fourth-order valence-electron chi connectivity index (χ4n) is 3.80. The van der Waals surface area contributed by atoms with E-state index in [0.717, 1.165) is 37.1 Å². The Labute approximate surface area is 147 Å². The average molecular weight is 343 g/mol. The number of nitrogens with one attached hydrogen (secondary N) is 3. The largest absolute Gasteiger partial charge is 0.349 e. The van der Waals surface area contributed by atoms with Crippen LogP contribution in [0.15, 0.2) is 12.4 Å². The summed E-state index contributed by atoms with van der Waals surface area (Å²) in [7, 11) is 0. The Balaban J connectivity index is 1.23. The number of rotatable bonds is 5. The highest BCUT2D eigenvalue weighted by molar-refractivity contribution is 5.79. The third-order valence-electron chi connectivity index (χ3n) is 5.63. The zero-order valence-electron chi connectivity index (χ0n) is 14.4. The molecule has 25 heavy (non-hydrogen) atoms. The fraction of sp³-hybridized carbons (Fsp3) is 0.667. The van der Waals surface area contributed by atoms with E-state index in [0.29, 0.717) is 25.3 Å². The second-order valence-electron chi connectivity index (χ2n) is 7.52. The van der Waals surface area contributed by atoms with E-state index in [9.17, 15) is 9.59 Å². The molecule has 0 radical (unpaired) electrons. The first kappa shape index (κ1) is 16.3. The highest BCUT2D eigenvalue weighted by Gasteiger charge is 2.48. The zero-order valence-corrected chi connectivity index (χ0v) is 14.4. The van der Waals surface area contributed by atoms with Crippen LogP contribution in [0, 0.1) is 0 Å². The summed E-state index contributed by atoms with van der Waals surface area (Å²) in [5.74, 6) is 1.61. The predicted molar refractivity (Wildman–Crippen MR) is 92.0 cm³/mol. The summed E-state index contributed by atoms with van der Waals surface area (Å²) in [6, 6.07) is -0.136. The normalized spacial score (nSPS) is 24.3. The second-order valence-corrected chi connectivity index (χ2v) is 7.52. The fourth-order valence-corrected chi connectivity index (χ4v) is 3.80. The maximum atomic E-state index is 12.2. The number of piperidine rings is 1. The molecule has 3 fully saturated rings. The van der Waals surface area contributed by atoms with Gasteiger partial charge in [0.2, 0.25) is 5.91 Å². The molecule has 0 aromatic carbocycles. The van der Waals surface area contributed by atoms with Gasteiger partial charge in [-0.15, -0.1) is 0 Å². The van der Waals surface area contributed by atoms with Crippen LogP contribution in [-0.2, 0) is 11.2 Å². The minimum atomic E-state index is -0.209. The Morgan fingerprint density at radius 3 is 2.64 bits per heavy atom. The molecule has 2 aliphatic carbocycles. The van der Waals surface area contributed by atoms with Crippen molar-refractivity contribution < 1.29 is 9.59 Å². The van der Waals surface area contributed by atoms with Crippen LogP contribution in [0.1, 0.15) is 62.3 Å². The Bertz CT molecular complexity index is 652. The first-order chi connectivity index (χ1) is 12.1. The Hall–Kier alpha value is -2.18. The molecule has 134 valence electrons. The number of urea groups is 1. The quantitative estimate of drug-likeness (QED) is 0.753. The maximum Gasteiger partial charge on any atom is 0.315 e. The molecule has 1 atom stereocenters. The van der Waals surface area contributed by atoms with Crippen molar-refractivity contribution >= 4 is 11.9 Å². The topological polar surface area (TPSA) is 96.0 Å². The molecule has 4 rings (SSSR count). The number of carbonyl (C=O) groups excluding carboxylic acids is 2. The van der Waals surface area contributed by atoms with Crippen LogP contribution < -0.4 is 16.0 Å². The Morgan fingerprint density at radius 2 is 2.00 bits per heavy atom. The van der Waals surface area contributed by atoms with Gasteiger partial charge in [-0.1, -0.05) is 0 Å². The van der Waals surface area contributed by atoms with Crippen molar-refractivity contribution in [1.29, 1.82) is 0 Å². The van der Waals surface area contributed by atoms with Gasteiger partial charge in [-0.2, -0.15) is 0 Å². The summed E-state index contributed by atoms with van der Waals surface area (Å²) in [5.41, 5.74) is 0.823. The average Bonchev–Trinajstić information content (AvgIpc) is 3.41. The first-order valence-corrected chi connectivity index (χ1v) is 9.31. The number of amides is 3. The van der Waals surface area contributed by atoms with Gasteiger partial charge in [-0.3, -0.25) is 4.79 Å². The van der Waals surface area contributed by atoms with E-state index in [1.54, 1.807) is 0 Å². The van der Waals surface area contributed by atoms with Crippen LogP contribution in [0.2, 0.25) is 0 Å². The molecule has 1 aromatic rings. The van der Waals surface area contributed by atoms with Crippen LogP contribution in [0.5, 0.6) is 0 Å². The molecule has 3 amide bonds. The number of hydrogen-bond acceptors (Lipinski definition) is 4. The Kier molecular flexibility index (Phi) is 4.31. The lowest BCUT2D eigenvalue weighted by molar-refractivity contribution is -0.127. The molecule has 2 saturated carbocycles. The van der Waals surface area contributed by atoms with Gasteiger partial charge in [0.15, 0.2) is 0 Å².